The predicted molar refractivity (Wildman–Crippen MR) is 113 cm³/mol. The molecular formula is C22H26F2N4O2. The number of ether oxygens (including phenoxy) is 1. The zero-order valence-corrected chi connectivity index (χ0v) is 17.0. The first-order valence-electron chi connectivity index (χ1n) is 9.89. The van der Waals surface area contributed by atoms with E-state index in [2.05, 4.69) is 20.9 Å². The number of anilines is 1. The minimum Gasteiger partial charge on any atom is -0.490 e. The van der Waals surface area contributed by atoms with E-state index < -0.39 is 11.6 Å². The molecule has 1 atom stereocenters. The van der Waals surface area contributed by atoms with Gasteiger partial charge >= 0.3 is 0 Å². The molecule has 160 valence electrons. The number of halogens is 2. The van der Waals surface area contributed by atoms with Crippen molar-refractivity contribution in [3.8, 4) is 5.75 Å². The maximum Gasteiger partial charge on any atom is 0.243 e. The van der Waals surface area contributed by atoms with Crippen LogP contribution in [0.15, 0.2) is 47.5 Å². The van der Waals surface area contributed by atoms with Crippen molar-refractivity contribution in [1.29, 1.82) is 0 Å². The van der Waals surface area contributed by atoms with E-state index in [4.69, 9.17) is 4.74 Å². The summed E-state index contributed by atoms with van der Waals surface area (Å²) < 4.78 is 33.0. The first kappa shape index (κ1) is 21.5. The fourth-order valence-electron chi connectivity index (χ4n) is 2.81. The molecule has 1 amide bonds. The van der Waals surface area contributed by atoms with Gasteiger partial charge in [-0.25, -0.2) is 8.78 Å². The van der Waals surface area contributed by atoms with Crippen molar-refractivity contribution < 1.29 is 18.3 Å². The van der Waals surface area contributed by atoms with E-state index in [1.807, 2.05) is 6.92 Å². The highest BCUT2D eigenvalue weighted by Gasteiger charge is 2.22. The summed E-state index contributed by atoms with van der Waals surface area (Å²) in [4.78, 5) is 16.1. The molecule has 1 saturated carbocycles. The average molecular weight is 416 g/mol. The number of hydrogen-bond acceptors (Lipinski definition) is 3. The molecule has 1 aliphatic rings. The lowest BCUT2D eigenvalue weighted by Gasteiger charge is -2.19. The van der Waals surface area contributed by atoms with Crippen LogP contribution in [0.3, 0.4) is 0 Å². The minimum atomic E-state index is -0.428. The van der Waals surface area contributed by atoms with E-state index in [1.54, 1.807) is 25.2 Å². The van der Waals surface area contributed by atoms with Crippen LogP contribution in [0.1, 0.15) is 31.4 Å². The maximum atomic E-state index is 14.3. The number of nitrogens with one attached hydrogen (secondary N) is 3. The summed E-state index contributed by atoms with van der Waals surface area (Å²) >= 11 is 0. The summed E-state index contributed by atoms with van der Waals surface area (Å²) in [5.41, 5.74) is 1.09. The molecule has 0 aromatic heterocycles. The Morgan fingerprint density at radius 2 is 2.03 bits per heavy atom. The number of hydrogen-bond donors (Lipinski definition) is 3. The van der Waals surface area contributed by atoms with Crippen LogP contribution in [-0.4, -0.2) is 32.1 Å². The molecule has 3 N–H and O–H groups in total. The molecular weight excluding hydrogens is 390 g/mol. The Bertz CT molecular complexity index is 916. The van der Waals surface area contributed by atoms with E-state index in [0.717, 1.165) is 18.4 Å². The maximum absolute atomic E-state index is 14.3. The predicted octanol–water partition coefficient (Wildman–Crippen LogP) is 3.62. The Morgan fingerprint density at radius 1 is 1.23 bits per heavy atom. The largest absolute Gasteiger partial charge is 0.490 e. The third-order valence-corrected chi connectivity index (χ3v) is 4.73. The van der Waals surface area contributed by atoms with Gasteiger partial charge in [-0.15, -0.1) is 0 Å². The first-order valence-corrected chi connectivity index (χ1v) is 9.89. The van der Waals surface area contributed by atoms with Crippen LogP contribution in [0.2, 0.25) is 0 Å². The van der Waals surface area contributed by atoms with Crippen LogP contribution >= 0.6 is 0 Å². The lowest BCUT2D eigenvalue weighted by atomic mass is 10.1. The Morgan fingerprint density at radius 3 is 2.70 bits per heavy atom. The second kappa shape index (κ2) is 10.0. The minimum absolute atomic E-state index is 0.0643. The highest BCUT2D eigenvalue weighted by atomic mass is 19.1. The molecule has 0 bridgehead atoms. The van der Waals surface area contributed by atoms with Crippen molar-refractivity contribution in [2.75, 3.05) is 25.5 Å². The number of amides is 1. The van der Waals surface area contributed by atoms with Gasteiger partial charge < -0.3 is 20.7 Å². The van der Waals surface area contributed by atoms with E-state index in [9.17, 15) is 13.6 Å². The summed E-state index contributed by atoms with van der Waals surface area (Å²) in [6, 6.07) is 10.3. The van der Waals surface area contributed by atoms with Gasteiger partial charge in [0.05, 0.1) is 19.2 Å². The topological polar surface area (TPSA) is 74.8 Å². The summed E-state index contributed by atoms with van der Waals surface area (Å²) in [7, 11) is 1.57. The van der Waals surface area contributed by atoms with Gasteiger partial charge in [0.15, 0.2) is 17.5 Å². The normalized spacial score (nSPS) is 14.7. The van der Waals surface area contributed by atoms with E-state index in [0.29, 0.717) is 24.2 Å². The molecule has 8 heteroatoms. The van der Waals surface area contributed by atoms with E-state index >= 15 is 0 Å². The standard InChI is InChI=1S/C22H26F2N4O2/c1-14(16-8-9-20(19(24)10-16)30-13-15-6-7-15)27-22(25-2)26-12-21(29)28-18-5-3-4-17(23)11-18/h3-5,8-11,14-15H,6-7,12-13H2,1-2H3,(H,28,29)(H2,25,26,27). The molecule has 0 heterocycles. The zero-order chi connectivity index (χ0) is 21.5. The second-order valence-corrected chi connectivity index (χ2v) is 7.29. The van der Waals surface area contributed by atoms with Gasteiger partial charge in [0.2, 0.25) is 5.91 Å². The molecule has 3 rings (SSSR count). The molecule has 1 unspecified atom stereocenters. The highest BCUT2D eigenvalue weighted by molar-refractivity contribution is 5.95. The van der Waals surface area contributed by atoms with Crippen molar-refractivity contribution in [3.63, 3.8) is 0 Å². The average Bonchev–Trinajstić information content (AvgIpc) is 3.54. The molecule has 30 heavy (non-hydrogen) atoms. The summed E-state index contributed by atoms with van der Waals surface area (Å²) in [6.45, 7) is 2.35. The van der Waals surface area contributed by atoms with Gasteiger partial charge in [0.25, 0.3) is 0 Å². The quantitative estimate of drug-likeness (QED) is 0.454. The Kier molecular flexibility index (Phi) is 7.21. The molecule has 0 spiro atoms. The Balaban J connectivity index is 1.49. The number of carbonyl (C=O) groups excluding carboxylic acids is 1. The van der Waals surface area contributed by atoms with Crippen LogP contribution < -0.4 is 20.7 Å². The number of aliphatic imine (C=N–C) groups is 1. The number of rotatable bonds is 8. The van der Waals surface area contributed by atoms with Gasteiger partial charge in [-0.05, 0) is 61.6 Å². The van der Waals surface area contributed by atoms with Gasteiger partial charge in [-0.3, -0.25) is 9.79 Å². The van der Waals surface area contributed by atoms with Gasteiger partial charge in [-0.1, -0.05) is 12.1 Å². The van der Waals surface area contributed by atoms with Crippen LogP contribution in [0, 0.1) is 17.6 Å². The fraction of sp³-hybridized carbons (Fsp3) is 0.364. The Hall–Kier alpha value is -3.16. The van der Waals surface area contributed by atoms with Crippen LogP contribution in [0.25, 0.3) is 0 Å². The number of carbonyl (C=O) groups is 1. The summed E-state index contributed by atoms with van der Waals surface area (Å²) in [5.74, 6) is 0.0137. The SMILES string of the molecule is CN=C(NCC(=O)Nc1cccc(F)c1)NC(C)c1ccc(OCC2CC2)c(F)c1. The van der Waals surface area contributed by atoms with Gasteiger partial charge in [0, 0.05) is 12.7 Å². The van der Waals surface area contributed by atoms with Crippen LogP contribution in [-0.2, 0) is 4.79 Å². The first-order chi connectivity index (χ1) is 14.4. The van der Waals surface area contributed by atoms with Crippen molar-refractivity contribution in [2.24, 2.45) is 10.9 Å². The molecule has 1 aliphatic carbocycles. The lowest BCUT2D eigenvalue weighted by Crippen LogP contribution is -2.42. The zero-order valence-electron chi connectivity index (χ0n) is 17.0. The van der Waals surface area contributed by atoms with Gasteiger partial charge in [0.1, 0.15) is 5.82 Å². The van der Waals surface area contributed by atoms with Crippen molar-refractivity contribution in [2.45, 2.75) is 25.8 Å². The fourth-order valence-corrected chi connectivity index (χ4v) is 2.81. The lowest BCUT2D eigenvalue weighted by molar-refractivity contribution is -0.115. The van der Waals surface area contributed by atoms with E-state index in [1.165, 1.54) is 24.3 Å². The van der Waals surface area contributed by atoms with Gasteiger partial charge in [-0.2, -0.15) is 0 Å². The molecule has 6 nitrogen and oxygen atoms in total. The Labute approximate surface area is 174 Å². The van der Waals surface area contributed by atoms with Crippen LogP contribution in [0.5, 0.6) is 5.75 Å². The number of nitrogens with zero attached hydrogens (tertiary/aromatic N) is 1. The van der Waals surface area contributed by atoms with Crippen molar-refractivity contribution in [1.82, 2.24) is 10.6 Å². The molecule has 0 aliphatic heterocycles. The number of benzene rings is 2. The molecule has 2 aromatic rings. The smallest absolute Gasteiger partial charge is 0.243 e. The molecule has 0 saturated heterocycles. The monoisotopic (exact) mass is 416 g/mol. The summed E-state index contributed by atoms with van der Waals surface area (Å²) in [5, 5.41) is 8.59. The van der Waals surface area contributed by atoms with E-state index in [-0.39, 0.29) is 24.2 Å². The third kappa shape index (κ3) is 6.43. The molecule has 0 radical (unpaired) electrons. The van der Waals surface area contributed by atoms with Crippen LogP contribution in [0.4, 0.5) is 14.5 Å². The summed E-state index contributed by atoms with van der Waals surface area (Å²) in [6.07, 6.45) is 2.29. The second-order valence-electron chi connectivity index (χ2n) is 7.29. The third-order valence-electron chi connectivity index (χ3n) is 4.73. The number of guanidine groups is 1. The molecule has 2 aromatic carbocycles. The highest BCUT2D eigenvalue weighted by Crippen LogP contribution is 2.30. The van der Waals surface area contributed by atoms with Crippen molar-refractivity contribution >= 4 is 17.6 Å². The van der Waals surface area contributed by atoms with Crippen molar-refractivity contribution in [3.05, 3.63) is 59.7 Å². The molecule has 1 fully saturated rings.